The van der Waals surface area contributed by atoms with Crippen molar-refractivity contribution in [3.63, 3.8) is 0 Å². The second-order valence-corrected chi connectivity index (χ2v) is 8.61. The highest BCUT2D eigenvalue weighted by molar-refractivity contribution is 14.1. The van der Waals surface area contributed by atoms with Crippen LogP contribution in [0, 0.1) is 14.9 Å². The second-order valence-electron chi connectivity index (χ2n) is 6.30. The van der Waals surface area contributed by atoms with Gasteiger partial charge in [0.2, 0.25) is 5.13 Å². The lowest BCUT2D eigenvalue weighted by Gasteiger charge is -2.11. The Morgan fingerprint density at radius 2 is 2.00 bits per heavy atom. The molecule has 1 heterocycles. The van der Waals surface area contributed by atoms with E-state index in [4.69, 9.17) is 9.47 Å². The fourth-order valence-corrected chi connectivity index (χ4v) is 3.60. The van der Waals surface area contributed by atoms with Gasteiger partial charge in [-0.15, -0.1) is 10.2 Å². The van der Waals surface area contributed by atoms with Gasteiger partial charge < -0.3 is 9.47 Å². The molecule has 0 bridgehead atoms. The molecule has 0 unspecified atom stereocenters. The van der Waals surface area contributed by atoms with Gasteiger partial charge in [-0.1, -0.05) is 36.5 Å². The van der Waals surface area contributed by atoms with Crippen molar-refractivity contribution in [1.29, 1.82) is 5.26 Å². The summed E-state index contributed by atoms with van der Waals surface area (Å²) in [4.78, 5) is 12.4. The molecule has 2 aromatic carbocycles. The highest BCUT2D eigenvalue weighted by Crippen LogP contribution is 2.30. The van der Waals surface area contributed by atoms with Crippen LogP contribution in [-0.2, 0) is 17.8 Å². The largest absolute Gasteiger partial charge is 0.493 e. The Morgan fingerprint density at radius 1 is 1.23 bits per heavy atom. The van der Waals surface area contributed by atoms with Gasteiger partial charge in [-0.3, -0.25) is 10.1 Å². The maximum atomic E-state index is 12.4. The quantitative estimate of drug-likeness (QED) is 0.247. The van der Waals surface area contributed by atoms with E-state index >= 15 is 0 Å². The van der Waals surface area contributed by atoms with Gasteiger partial charge >= 0.3 is 0 Å². The predicted octanol–water partition coefficient (Wildman–Crippen LogP) is 4.84. The molecule has 1 amide bonds. The summed E-state index contributed by atoms with van der Waals surface area (Å²) in [5.74, 6) is 0.537. The number of ether oxygens (including phenoxy) is 2. The molecule has 158 valence electrons. The minimum atomic E-state index is -0.542. The van der Waals surface area contributed by atoms with Crippen molar-refractivity contribution in [3.05, 3.63) is 67.7 Å². The zero-order chi connectivity index (χ0) is 22.2. The first-order valence-electron chi connectivity index (χ1n) is 9.33. The molecule has 0 aliphatic heterocycles. The number of benzene rings is 2. The molecule has 0 spiro atoms. The fraction of sp³-hybridized carbons (Fsp3) is 0.182. The summed E-state index contributed by atoms with van der Waals surface area (Å²) in [6, 6.07) is 15.2. The number of aromatic nitrogens is 2. The topological polar surface area (TPSA) is 97.1 Å². The number of aryl methyl sites for hydroxylation is 1. The Kier molecular flexibility index (Phi) is 7.97. The molecule has 0 saturated heterocycles. The zero-order valence-electron chi connectivity index (χ0n) is 16.9. The van der Waals surface area contributed by atoms with E-state index in [2.05, 4.69) is 38.1 Å². The number of nitrogens with zero attached hydrogens (tertiary/aromatic N) is 3. The van der Waals surface area contributed by atoms with E-state index in [1.807, 2.05) is 37.3 Å². The van der Waals surface area contributed by atoms with E-state index in [1.54, 1.807) is 25.3 Å². The van der Waals surface area contributed by atoms with Crippen molar-refractivity contribution in [2.24, 2.45) is 0 Å². The molecule has 3 rings (SSSR count). The molecule has 0 radical (unpaired) electrons. The smallest absolute Gasteiger partial charge is 0.268 e. The Morgan fingerprint density at radius 3 is 2.65 bits per heavy atom. The Bertz CT molecular complexity index is 1140. The van der Waals surface area contributed by atoms with Crippen LogP contribution >= 0.6 is 33.9 Å². The van der Waals surface area contributed by atoms with Gasteiger partial charge in [-0.25, -0.2) is 0 Å². The third-order valence-corrected chi connectivity index (χ3v) is 5.86. The Labute approximate surface area is 197 Å². The normalized spacial score (nSPS) is 11.0. The van der Waals surface area contributed by atoms with E-state index < -0.39 is 5.91 Å². The van der Waals surface area contributed by atoms with Crippen LogP contribution < -0.4 is 14.8 Å². The second kappa shape index (κ2) is 10.9. The molecule has 0 saturated carbocycles. The fourth-order valence-electron chi connectivity index (χ4n) is 2.56. The van der Waals surface area contributed by atoms with E-state index in [-0.39, 0.29) is 5.57 Å². The van der Waals surface area contributed by atoms with Crippen LogP contribution in [0.25, 0.3) is 6.08 Å². The molecule has 0 aliphatic carbocycles. The van der Waals surface area contributed by atoms with Gasteiger partial charge in [0.15, 0.2) is 11.5 Å². The van der Waals surface area contributed by atoms with Crippen LogP contribution in [0.15, 0.2) is 48.0 Å². The summed E-state index contributed by atoms with van der Waals surface area (Å²) < 4.78 is 12.5. The van der Waals surface area contributed by atoms with Gasteiger partial charge in [0.1, 0.15) is 23.3 Å². The van der Waals surface area contributed by atoms with Crippen molar-refractivity contribution in [1.82, 2.24) is 10.2 Å². The van der Waals surface area contributed by atoms with Gasteiger partial charge in [0.25, 0.3) is 5.91 Å². The monoisotopic (exact) mass is 546 g/mol. The van der Waals surface area contributed by atoms with Crippen molar-refractivity contribution >= 4 is 51.0 Å². The lowest BCUT2D eigenvalue weighted by atomic mass is 10.1. The van der Waals surface area contributed by atoms with Gasteiger partial charge in [-0.05, 0) is 70.5 Å². The Hall–Kier alpha value is -2.97. The SMILES string of the molecule is CCc1nnc(NC(=O)C(C#N)=Cc2ccc(OCc3ccc(I)cc3)c(OC)c2)s1. The first kappa shape index (κ1) is 22.7. The first-order valence-corrected chi connectivity index (χ1v) is 11.2. The summed E-state index contributed by atoms with van der Waals surface area (Å²) >= 11 is 3.53. The van der Waals surface area contributed by atoms with Crippen LogP contribution in [0.3, 0.4) is 0 Å². The van der Waals surface area contributed by atoms with Crippen molar-refractivity contribution in [3.8, 4) is 17.6 Å². The minimum Gasteiger partial charge on any atom is -0.493 e. The average molecular weight is 546 g/mol. The maximum Gasteiger partial charge on any atom is 0.268 e. The van der Waals surface area contributed by atoms with Gasteiger partial charge in [0.05, 0.1) is 7.11 Å². The molecule has 0 aliphatic rings. The molecule has 1 aromatic heterocycles. The Balaban J connectivity index is 1.73. The number of halogens is 1. The summed E-state index contributed by atoms with van der Waals surface area (Å²) in [5.41, 5.74) is 1.62. The number of nitriles is 1. The lowest BCUT2D eigenvalue weighted by Crippen LogP contribution is -2.13. The molecule has 3 aromatic rings. The number of carbonyl (C=O) groups is 1. The maximum absolute atomic E-state index is 12.4. The van der Waals surface area contributed by atoms with Gasteiger partial charge in [0, 0.05) is 3.57 Å². The molecular formula is C22H19IN4O3S. The number of hydrogen-bond donors (Lipinski definition) is 1. The van der Waals surface area contributed by atoms with Crippen LogP contribution in [0.2, 0.25) is 0 Å². The zero-order valence-corrected chi connectivity index (χ0v) is 19.9. The molecule has 0 atom stereocenters. The lowest BCUT2D eigenvalue weighted by molar-refractivity contribution is -0.112. The number of amides is 1. The minimum absolute atomic E-state index is 0.0529. The summed E-state index contributed by atoms with van der Waals surface area (Å²) in [6.07, 6.45) is 2.22. The molecule has 0 fully saturated rings. The molecule has 7 nitrogen and oxygen atoms in total. The number of methoxy groups -OCH3 is 1. The highest BCUT2D eigenvalue weighted by atomic mass is 127. The summed E-state index contributed by atoms with van der Waals surface area (Å²) in [5, 5.41) is 21.1. The average Bonchev–Trinajstić information content (AvgIpc) is 3.24. The predicted molar refractivity (Wildman–Crippen MR) is 128 cm³/mol. The standard InChI is InChI=1S/C22H19IN4O3S/c1-3-20-26-27-22(31-20)25-21(28)16(12-24)10-15-6-9-18(19(11-15)29-2)30-13-14-4-7-17(23)8-5-14/h4-11H,3,13H2,1-2H3,(H,25,27,28). The molecule has 9 heteroatoms. The van der Waals surface area contributed by atoms with E-state index in [0.29, 0.717) is 28.8 Å². The van der Waals surface area contributed by atoms with Crippen molar-refractivity contribution in [2.75, 3.05) is 12.4 Å². The van der Waals surface area contributed by atoms with Crippen LogP contribution in [0.5, 0.6) is 11.5 Å². The molecular weight excluding hydrogens is 527 g/mol. The van der Waals surface area contributed by atoms with E-state index in [9.17, 15) is 10.1 Å². The number of anilines is 1. The molecule has 1 N–H and O–H groups in total. The third kappa shape index (κ3) is 6.26. The number of carbonyl (C=O) groups excluding carboxylic acids is 1. The number of nitrogens with one attached hydrogen (secondary N) is 1. The summed E-state index contributed by atoms with van der Waals surface area (Å²) in [7, 11) is 1.54. The van der Waals surface area contributed by atoms with Gasteiger partial charge in [-0.2, -0.15) is 5.26 Å². The van der Waals surface area contributed by atoms with E-state index in [0.717, 1.165) is 20.6 Å². The molecule has 31 heavy (non-hydrogen) atoms. The highest BCUT2D eigenvalue weighted by Gasteiger charge is 2.13. The van der Waals surface area contributed by atoms with Crippen LogP contribution in [0.4, 0.5) is 5.13 Å². The van der Waals surface area contributed by atoms with Crippen molar-refractivity contribution in [2.45, 2.75) is 20.0 Å². The van der Waals surface area contributed by atoms with Crippen LogP contribution in [-0.4, -0.2) is 23.2 Å². The van der Waals surface area contributed by atoms with Crippen molar-refractivity contribution < 1.29 is 14.3 Å². The number of hydrogen-bond acceptors (Lipinski definition) is 7. The third-order valence-electron chi connectivity index (χ3n) is 4.16. The van der Waals surface area contributed by atoms with E-state index in [1.165, 1.54) is 17.4 Å². The summed E-state index contributed by atoms with van der Waals surface area (Å²) in [6.45, 7) is 2.35. The first-order chi connectivity index (χ1) is 15.0. The number of rotatable bonds is 8. The van der Waals surface area contributed by atoms with Crippen LogP contribution in [0.1, 0.15) is 23.1 Å².